The van der Waals surface area contributed by atoms with Crippen molar-refractivity contribution in [3.63, 3.8) is 0 Å². The van der Waals surface area contributed by atoms with Crippen LogP contribution in [-0.4, -0.2) is 48.5 Å². The van der Waals surface area contributed by atoms with Crippen molar-refractivity contribution in [1.29, 1.82) is 0 Å². The molecule has 0 aromatic carbocycles. The van der Waals surface area contributed by atoms with Crippen molar-refractivity contribution in [3.05, 3.63) is 11.6 Å². The lowest BCUT2D eigenvalue weighted by atomic mass is 9.46. The molecule has 2 heterocycles. The zero-order valence-electron chi connectivity index (χ0n) is 18.6. The molecule has 2 spiro atoms. The van der Waals surface area contributed by atoms with Crippen molar-refractivity contribution in [2.45, 2.75) is 94.7 Å². The van der Waals surface area contributed by atoms with E-state index < -0.39 is 26.3 Å². The van der Waals surface area contributed by atoms with Crippen molar-refractivity contribution in [2.75, 3.05) is 5.75 Å². The van der Waals surface area contributed by atoms with Crippen molar-refractivity contribution < 1.29 is 27.5 Å². The topological polar surface area (TPSA) is 90.0 Å². The quantitative estimate of drug-likeness (QED) is 0.476. The van der Waals surface area contributed by atoms with E-state index in [1.54, 1.807) is 13.0 Å². The lowest BCUT2D eigenvalue weighted by molar-refractivity contribution is -0.164. The Morgan fingerprint density at radius 1 is 1.13 bits per heavy atom. The summed E-state index contributed by atoms with van der Waals surface area (Å²) in [4.78, 5) is 24.4. The Bertz CT molecular complexity index is 1030. The average molecular weight is 449 g/mol. The number of sulfone groups is 1. The fourth-order valence-corrected chi connectivity index (χ4v) is 10.5. The molecular weight excluding hydrogens is 416 g/mol. The van der Waals surface area contributed by atoms with Crippen molar-refractivity contribution in [2.24, 2.45) is 22.7 Å². The molecule has 0 amide bonds. The second-order valence-corrected chi connectivity index (χ2v) is 13.8. The van der Waals surface area contributed by atoms with E-state index in [-0.39, 0.29) is 46.3 Å². The molecule has 8 atom stereocenters. The zero-order chi connectivity index (χ0) is 22.0. The van der Waals surface area contributed by atoms with Crippen LogP contribution in [0.5, 0.6) is 0 Å². The Labute approximate surface area is 184 Å². The summed E-state index contributed by atoms with van der Waals surface area (Å²) in [6, 6.07) is 0. The van der Waals surface area contributed by atoms with Gasteiger partial charge in [0.05, 0.1) is 11.4 Å². The van der Waals surface area contributed by atoms with Crippen molar-refractivity contribution in [3.8, 4) is 0 Å². The number of epoxide rings is 1. The van der Waals surface area contributed by atoms with Gasteiger partial charge >= 0.3 is 5.97 Å². The minimum Gasteiger partial charge on any atom is -0.458 e. The van der Waals surface area contributed by atoms with Crippen LogP contribution < -0.4 is 0 Å². The number of ketones is 1. The summed E-state index contributed by atoms with van der Waals surface area (Å²) in [5, 5.41) is -0.537. The first kappa shape index (κ1) is 20.4. The molecule has 2 aliphatic heterocycles. The summed E-state index contributed by atoms with van der Waals surface area (Å²) >= 11 is 0. The number of hydrogen-bond acceptors (Lipinski definition) is 6. The molecule has 4 aliphatic carbocycles. The van der Waals surface area contributed by atoms with E-state index in [0.717, 1.165) is 37.7 Å². The van der Waals surface area contributed by atoms with E-state index >= 15 is 0 Å². The Hall–Kier alpha value is -1.21. The largest absolute Gasteiger partial charge is 0.458 e. The minimum absolute atomic E-state index is 0.0375. The lowest BCUT2D eigenvalue weighted by Crippen LogP contribution is -2.64. The summed E-state index contributed by atoms with van der Waals surface area (Å²) in [6.07, 6.45) is 7.02. The molecule has 0 radical (unpaired) electrons. The molecule has 2 unspecified atom stereocenters. The molecule has 0 bridgehead atoms. The molecule has 31 heavy (non-hydrogen) atoms. The third-order valence-electron chi connectivity index (χ3n) is 10.5. The predicted molar refractivity (Wildman–Crippen MR) is 113 cm³/mol. The fraction of sp³-hybridized carbons (Fsp3) is 0.833. The van der Waals surface area contributed by atoms with Gasteiger partial charge in [-0.2, -0.15) is 0 Å². The lowest BCUT2D eigenvalue weighted by Gasteiger charge is -2.58. The van der Waals surface area contributed by atoms with Gasteiger partial charge in [-0.05, 0) is 50.5 Å². The van der Waals surface area contributed by atoms with Crippen LogP contribution in [0.15, 0.2) is 11.6 Å². The van der Waals surface area contributed by atoms with E-state index in [2.05, 4.69) is 13.8 Å². The molecule has 5 fully saturated rings. The third kappa shape index (κ3) is 2.21. The van der Waals surface area contributed by atoms with E-state index in [9.17, 15) is 18.0 Å². The molecule has 3 saturated carbocycles. The Morgan fingerprint density at radius 2 is 1.90 bits per heavy atom. The molecule has 6 nitrogen and oxygen atoms in total. The predicted octanol–water partition coefficient (Wildman–Crippen LogP) is 3.14. The molecule has 170 valence electrons. The molecule has 6 rings (SSSR count). The summed E-state index contributed by atoms with van der Waals surface area (Å²) in [5.41, 5.74) is -0.568. The summed E-state index contributed by atoms with van der Waals surface area (Å²) < 4.78 is 39.5. The molecule has 6 aliphatic rings. The highest BCUT2D eigenvalue weighted by Gasteiger charge is 2.83. The van der Waals surface area contributed by atoms with Crippen LogP contribution in [0.3, 0.4) is 0 Å². The highest BCUT2D eigenvalue weighted by molar-refractivity contribution is 7.92. The van der Waals surface area contributed by atoms with Gasteiger partial charge in [0, 0.05) is 35.3 Å². The van der Waals surface area contributed by atoms with Crippen LogP contribution >= 0.6 is 0 Å². The highest BCUT2D eigenvalue weighted by Crippen LogP contribution is 2.78. The number of fused-ring (bicyclic) bond motifs is 4. The monoisotopic (exact) mass is 448 g/mol. The van der Waals surface area contributed by atoms with Crippen LogP contribution in [-0.2, 0) is 28.9 Å². The van der Waals surface area contributed by atoms with E-state index in [4.69, 9.17) is 9.47 Å². The highest BCUT2D eigenvalue weighted by atomic mass is 32.2. The fourth-order valence-electron chi connectivity index (χ4n) is 8.80. The zero-order valence-corrected chi connectivity index (χ0v) is 19.4. The first-order valence-electron chi connectivity index (χ1n) is 11.9. The molecule has 2 saturated heterocycles. The van der Waals surface area contributed by atoms with Gasteiger partial charge in [0.1, 0.15) is 11.2 Å². The normalized spacial score (nSPS) is 52.7. The second-order valence-electron chi connectivity index (χ2n) is 11.3. The van der Waals surface area contributed by atoms with E-state index in [1.165, 1.54) is 0 Å². The van der Waals surface area contributed by atoms with Gasteiger partial charge in [-0.3, -0.25) is 9.59 Å². The molecule has 0 N–H and O–H groups in total. The van der Waals surface area contributed by atoms with Crippen LogP contribution in [0.2, 0.25) is 0 Å². The van der Waals surface area contributed by atoms with Gasteiger partial charge in [-0.15, -0.1) is 0 Å². The number of carbonyl (C=O) groups excluding carboxylic acids is 2. The SMILES string of the molecule is CCS(=O)(=O)[C@@H]1CC2=CC(=O)CC[C@]2(C)[C@@]23O[C@H]2C[C@@]2(C)C(CC[C@@]24CCC(=O)O4)C13. The second kappa shape index (κ2) is 5.82. The number of ether oxygens (including phenoxy) is 2. The van der Waals surface area contributed by atoms with E-state index in [0.29, 0.717) is 19.3 Å². The standard InChI is InChI=1S/C24H32O6S/c1-4-31(27,28)17-12-14-11-15(25)5-8-21(14,2)24-18(29-24)13-22(3)16(20(17)24)6-9-23(22)10-7-19(26)30-23/h11,16-18,20H,4-10,12-13H2,1-3H3/t16?,17-,18+,20?,21+,22+,23-,24-/m1/s1. The number of carbonyl (C=O) groups is 2. The third-order valence-corrected chi connectivity index (χ3v) is 12.7. The summed E-state index contributed by atoms with van der Waals surface area (Å²) in [5.74, 6) is 0.0937. The minimum atomic E-state index is -3.35. The van der Waals surface area contributed by atoms with Crippen LogP contribution in [0.1, 0.15) is 72.1 Å². The Morgan fingerprint density at radius 3 is 2.58 bits per heavy atom. The van der Waals surface area contributed by atoms with Crippen LogP contribution in [0, 0.1) is 22.7 Å². The van der Waals surface area contributed by atoms with Gasteiger partial charge in [-0.25, -0.2) is 8.42 Å². The Kier molecular flexibility index (Phi) is 3.83. The summed E-state index contributed by atoms with van der Waals surface area (Å²) in [6.45, 7) is 6.15. The maximum atomic E-state index is 13.4. The number of rotatable bonds is 2. The molecular formula is C24H32O6S. The Balaban J connectivity index is 1.52. The van der Waals surface area contributed by atoms with Crippen LogP contribution in [0.4, 0.5) is 0 Å². The van der Waals surface area contributed by atoms with Gasteiger partial charge in [0.15, 0.2) is 15.6 Å². The first-order valence-corrected chi connectivity index (χ1v) is 13.6. The van der Waals surface area contributed by atoms with Crippen molar-refractivity contribution >= 4 is 21.6 Å². The maximum absolute atomic E-state index is 13.4. The van der Waals surface area contributed by atoms with Gasteiger partial charge in [-0.1, -0.05) is 26.3 Å². The molecule has 7 heteroatoms. The average Bonchev–Trinajstić information content (AvgIpc) is 3.20. The number of hydrogen-bond donors (Lipinski definition) is 0. The first-order chi connectivity index (χ1) is 14.5. The van der Waals surface area contributed by atoms with Gasteiger partial charge in [0.25, 0.3) is 0 Å². The number of esters is 1. The summed E-state index contributed by atoms with van der Waals surface area (Å²) in [7, 11) is -3.35. The van der Waals surface area contributed by atoms with Gasteiger partial charge in [0.2, 0.25) is 0 Å². The van der Waals surface area contributed by atoms with E-state index in [1.807, 2.05) is 0 Å². The smallest absolute Gasteiger partial charge is 0.306 e. The maximum Gasteiger partial charge on any atom is 0.306 e. The van der Waals surface area contributed by atoms with Crippen molar-refractivity contribution in [1.82, 2.24) is 0 Å². The van der Waals surface area contributed by atoms with Gasteiger partial charge < -0.3 is 9.47 Å². The molecule has 0 aromatic rings. The van der Waals surface area contributed by atoms with Crippen LogP contribution in [0.25, 0.3) is 0 Å². The molecule has 0 aromatic heterocycles.